The van der Waals surface area contributed by atoms with Crippen molar-refractivity contribution in [1.82, 2.24) is 0 Å². The highest BCUT2D eigenvalue weighted by Crippen LogP contribution is 2.55. The van der Waals surface area contributed by atoms with Gasteiger partial charge < -0.3 is 0 Å². The van der Waals surface area contributed by atoms with Crippen molar-refractivity contribution in [1.29, 1.82) is 10.5 Å². The molecule has 0 radical (unpaired) electrons. The van der Waals surface area contributed by atoms with Crippen molar-refractivity contribution in [2.45, 2.75) is 31.1 Å². The maximum atomic E-state index is 10.2. The van der Waals surface area contributed by atoms with Crippen molar-refractivity contribution in [2.75, 3.05) is 0 Å². The number of hydrogen-bond acceptors (Lipinski definition) is 2. The third kappa shape index (κ3) is 1.92. The van der Waals surface area contributed by atoms with Crippen LogP contribution in [0.5, 0.6) is 0 Å². The molecular formula is C20H18N2. The fourth-order valence-corrected chi connectivity index (χ4v) is 3.88. The van der Waals surface area contributed by atoms with Crippen molar-refractivity contribution in [3.63, 3.8) is 0 Å². The Labute approximate surface area is 131 Å². The third-order valence-corrected chi connectivity index (χ3v) is 4.97. The first kappa shape index (κ1) is 14.4. The minimum Gasteiger partial charge on any atom is -0.198 e. The van der Waals surface area contributed by atoms with Gasteiger partial charge in [-0.05, 0) is 24.0 Å². The van der Waals surface area contributed by atoms with Gasteiger partial charge in [0, 0.05) is 0 Å². The van der Waals surface area contributed by atoms with E-state index in [-0.39, 0.29) is 0 Å². The molecule has 0 saturated heterocycles. The van der Waals surface area contributed by atoms with E-state index in [2.05, 4.69) is 12.1 Å². The van der Waals surface area contributed by atoms with Crippen molar-refractivity contribution >= 4 is 0 Å². The van der Waals surface area contributed by atoms with Crippen LogP contribution in [0.25, 0.3) is 0 Å². The quantitative estimate of drug-likeness (QED) is 0.829. The van der Waals surface area contributed by atoms with Crippen molar-refractivity contribution < 1.29 is 0 Å². The second-order valence-electron chi connectivity index (χ2n) is 5.99. The summed E-state index contributed by atoms with van der Waals surface area (Å²) in [5.74, 6) is 0. The molecule has 108 valence electrons. The van der Waals surface area contributed by atoms with Gasteiger partial charge >= 0.3 is 0 Å². The molecule has 0 atom stereocenters. The summed E-state index contributed by atoms with van der Waals surface area (Å²) in [5, 5.41) is 20.2. The van der Waals surface area contributed by atoms with Crippen LogP contribution in [0.15, 0.2) is 60.7 Å². The average Bonchev–Trinajstić information content (AvgIpc) is 3.09. The fraction of sp³-hybridized carbons (Fsp3) is 0.300. The molecule has 1 aliphatic carbocycles. The van der Waals surface area contributed by atoms with Crippen molar-refractivity contribution in [2.24, 2.45) is 5.41 Å². The zero-order valence-electron chi connectivity index (χ0n) is 12.5. The molecule has 0 bridgehead atoms. The van der Waals surface area contributed by atoms with Gasteiger partial charge in [0.1, 0.15) is 5.41 Å². The predicted octanol–water partition coefficient (Wildman–Crippen LogP) is 4.58. The highest BCUT2D eigenvalue weighted by atomic mass is 14.6. The zero-order valence-corrected chi connectivity index (χ0v) is 12.5. The van der Waals surface area contributed by atoms with E-state index in [1.165, 1.54) is 0 Å². The lowest BCUT2D eigenvalue weighted by Crippen LogP contribution is -2.43. The van der Waals surface area contributed by atoms with Gasteiger partial charge in [0.05, 0.1) is 17.6 Å². The normalized spacial score (nSPS) is 16.6. The van der Waals surface area contributed by atoms with Gasteiger partial charge in [0.25, 0.3) is 0 Å². The van der Waals surface area contributed by atoms with Gasteiger partial charge in [-0.2, -0.15) is 10.5 Å². The van der Waals surface area contributed by atoms with Crippen LogP contribution in [-0.4, -0.2) is 0 Å². The molecule has 0 spiro atoms. The van der Waals surface area contributed by atoms with Gasteiger partial charge in [-0.3, -0.25) is 0 Å². The molecule has 0 heterocycles. The summed E-state index contributed by atoms with van der Waals surface area (Å²) in [4.78, 5) is 0. The lowest BCUT2D eigenvalue weighted by atomic mass is 9.57. The van der Waals surface area contributed by atoms with E-state index < -0.39 is 10.8 Å². The number of benzene rings is 2. The smallest absolute Gasteiger partial charge is 0.126 e. The van der Waals surface area contributed by atoms with Crippen LogP contribution in [-0.2, 0) is 5.41 Å². The Balaban J connectivity index is 2.32. The highest BCUT2D eigenvalue weighted by molar-refractivity contribution is 5.51. The largest absolute Gasteiger partial charge is 0.198 e. The summed E-state index contributed by atoms with van der Waals surface area (Å²) in [6.07, 6.45) is 3.58. The SMILES string of the molecule is N#CC1(C(C#N)(c2ccccc2)c2ccccc2)CCCC1. The summed E-state index contributed by atoms with van der Waals surface area (Å²) in [6.45, 7) is 0. The molecule has 0 aliphatic heterocycles. The number of rotatable bonds is 3. The molecule has 1 aliphatic rings. The van der Waals surface area contributed by atoms with Gasteiger partial charge in [0.15, 0.2) is 0 Å². The van der Waals surface area contributed by atoms with Crippen LogP contribution >= 0.6 is 0 Å². The molecule has 0 amide bonds. The number of nitrogens with zero attached hydrogens (tertiary/aromatic N) is 2. The summed E-state index contributed by atoms with van der Waals surface area (Å²) >= 11 is 0. The van der Waals surface area contributed by atoms with Gasteiger partial charge in [-0.1, -0.05) is 73.5 Å². The Hall–Kier alpha value is -2.58. The van der Waals surface area contributed by atoms with Crippen molar-refractivity contribution in [3.8, 4) is 12.1 Å². The predicted molar refractivity (Wildman–Crippen MR) is 85.8 cm³/mol. The molecule has 0 aromatic heterocycles. The van der Waals surface area contributed by atoms with Gasteiger partial charge in [-0.25, -0.2) is 0 Å². The summed E-state index contributed by atoms with van der Waals surface area (Å²) in [7, 11) is 0. The minimum absolute atomic E-state index is 0.648. The molecule has 0 N–H and O–H groups in total. The summed E-state index contributed by atoms with van der Waals surface area (Å²) in [5.41, 5.74) is 0.296. The fourth-order valence-electron chi connectivity index (χ4n) is 3.88. The van der Waals surface area contributed by atoms with E-state index in [4.69, 9.17) is 0 Å². The van der Waals surface area contributed by atoms with E-state index in [1.54, 1.807) is 0 Å². The van der Waals surface area contributed by atoms with Crippen LogP contribution in [0.1, 0.15) is 36.8 Å². The summed E-state index contributed by atoms with van der Waals surface area (Å²) in [6, 6.07) is 24.7. The molecule has 2 heteroatoms. The van der Waals surface area contributed by atoms with E-state index >= 15 is 0 Å². The lowest BCUT2D eigenvalue weighted by molar-refractivity contribution is 0.292. The molecule has 2 aromatic carbocycles. The maximum Gasteiger partial charge on any atom is 0.126 e. The molecule has 0 unspecified atom stereocenters. The van der Waals surface area contributed by atoms with E-state index in [0.29, 0.717) is 0 Å². The minimum atomic E-state index is -0.902. The molecule has 2 aromatic rings. The van der Waals surface area contributed by atoms with Crippen LogP contribution in [0.2, 0.25) is 0 Å². The molecular weight excluding hydrogens is 268 g/mol. The van der Waals surface area contributed by atoms with E-state index in [9.17, 15) is 10.5 Å². The second kappa shape index (κ2) is 5.66. The first-order valence-electron chi connectivity index (χ1n) is 7.73. The molecule has 3 rings (SSSR count). The number of nitriles is 2. The Morgan fingerprint density at radius 2 is 1.23 bits per heavy atom. The zero-order chi connectivity index (χ0) is 15.5. The van der Waals surface area contributed by atoms with Crippen LogP contribution in [0.4, 0.5) is 0 Å². The van der Waals surface area contributed by atoms with Crippen LogP contribution in [0, 0.1) is 28.1 Å². The van der Waals surface area contributed by atoms with Crippen molar-refractivity contribution in [3.05, 3.63) is 71.8 Å². The Morgan fingerprint density at radius 3 is 1.59 bits per heavy atom. The van der Waals surface area contributed by atoms with Crippen LogP contribution < -0.4 is 0 Å². The monoisotopic (exact) mass is 286 g/mol. The first-order valence-corrected chi connectivity index (χ1v) is 7.73. The molecule has 1 saturated carbocycles. The van der Waals surface area contributed by atoms with E-state index in [1.807, 2.05) is 60.7 Å². The van der Waals surface area contributed by atoms with E-state index in [0.717, 1.165) is 36.8 Å². The number of hydrogen-bond donors (Lipinski definition) is 0. The second-order valence-corrected chi connectivity index (χ2v) is 5.99. The highest BCUT2D eigenvalue weighted by Gasteiger charge is 2.56. The topological polar surface area (TPSA) is 47.6 Å². The van der Waals surface area contributed by atoms with Gasteiger partial charge in [-0.15, -0.1) is 0 Å². The van der Waals surface area contributed by atoms with Gasteiger partial charge in [0.2, 0.25) is 0 Å². The molecule has 1 fully saturated rings. The maximum absolute atomic E-state index is 10.2. The Morgan fingerprint density at radius 1 is 0.773 bits per heavy atom. The standard InChI is InChI=1S/C20H18N2/c21-15-19(13-7-8-14-19)20(16-22,17-9-3-1-4-10-17)18-11-5-2-6-12-18/h1-6,9-12H,7-8,13-14H2. The average molecular weight is 286 g/mol. The van der Waals surface area contributed by atoms with Crippen LogP contribution in [0.3, 0.4) is 0 Å². The Kier molecular flexibility index (Phi) is 3.70. The lowest BCUT2D eigenvalue weighted by Gasteiger charge is -2.40. The summed E-state index contributed by atoms with van der Waals surface area (Å²) < 4.78 is 0. The third-order valence-electron chi connectivity index (χ3n) is 4.97. The molecule has 22 heavy (non-hydrogen) atoms. The Bertz CT molecular complexity index is 674. The first-order chi connectivity index (χ1) is 10.8. The molecule has 2 nitrogen and oxygen atoms in total.